The first-order chi connectivity index (χ1) is 13.2. The van der Waals surface area contributed by atoms with Crippen molar-refractivity contribution < 1.29 is 14.3 Å². The molecule has 2 N–H and O–H groups in total. The maximum atomic E-state index is 12.1. The van der Waals surface area contributed by atoms with Crippen LogP contribution in [0.15, 0.2) is 48.5 Å². The SMILES string of the molecule is CCCOc1ccc(-c2nnc(NC(=O)Nc3ccc(OC)cc3)s2)cc1. The van der Waals surface area contributed by atoms with Crippen molar-refractivity contribution in [2.45, 2.75) is 13.3 Å². The molecular formula is C19H20N4O3S. The summed E-state index contributed by atoms with van der Waals surface area (Å²) in [7, 11) is 1.59. The molecule has 3 rings (SSSR count). The Morgan fingerprint density at radius 1 is 1.00 bits per heavy atom. The van der Waals surface area contributed by atoms with Gasteiger partial charge in [0.1, 0.15) is 16.5 Å². The lowest BCUT2D eigenvalue weighted by Crippen LogP contribution is -2.19. The normalized spacial score (nSPS) is 10.3. The van der Waals surface area contributed by atoms with Crippen LogP contribution in [0.25, 0.3) is 10.6 Å². The Morgan fingerprint density at radius 3 is 2.37 bits per heavy atom. The first-order valence-corrected chi connectivity index (χ1v) is 9.28. The fourth-order valence-corrected chi connectivity index (χ4v) is 2.98. The Balaban J connectivity index is 1.58. The molecule has 2 amide bonds. The van der Waals surface area contributed by atoms with Gasteiger partial charge in [-0.3, -0.25) is 5.32 Å². The molecule has 0 aliphatic carbocycles. The van der Waals surface area contributed by atoms with Crippen LogP contribution in [0.2, 0.25) is 0 Å². The Labute approximate surface area is 161 Å². The second kappa shape index (κ2) is 9.00. The highest BCUT2D eigenvalue weighted by Crippen LogP contribution is 2.28. The number of nitrogens with zero attached hydrogens (tertiary/aromatic N) is 2. The molecule has 0 saturated carbocycles. The van der Waals surface area contributed by atoms with Crippen LogP contribution in [0, 0.1) is 0 Å². The van der Waals surface area contributed by atoms with Crippen molar-refractivity contribution in [3.05, 3.63) is 48.5 Å². The van der Waals surface area contributed by atoms with Crippen molar-refractivity contribution in [2.75, 3.05) is 24.4 Å². The van der Waals surface area contributed by atoms with Crippen LogP contribution in [-0.2, 0) is 0 Å². The maximum absolute atomic E-state index is 12.1. The molecule has 0 aliphatic rings. The zero-order valence-electron chi connectivity index (χ0n) is 15.1. The van der Waals surface area contributed by atoms with Crippen molar-refractivity contribution in [1.82, 2.24) is 10.2 Å². The average molecular weight is 384 g/mol. The lowest BCUT2D eigenvalue weighted by Gasteiger charge is -2.06. The van der Waals surface area contributed by atoms with E-state index in [2.05, 4.69) is 27.8 Å². The molecule has 0 atom stereocenters. The summed E-state index contributed by atoms with van der Waals surface area (Å²) in [4.78, 5) is 12.1. The quantitative estimate of drug-likeness (QED) is 0.619. The molecule has 27 heavy (non-hydrogen) atoms. The topological polar surface area (TPSA) is 85.4 Å². The molecule has 7 nitrogen and oxygen atoms in total. The number of ether oxygens (including phenoxy) is 2. The Bertz CT molecular complexity index is 879. The monoisotopic (exact) mass is 384 g/mol. The fourth-order valence-electron chi connectivity index (χ4n) is 2.24. The number of nitrogens with one attached hydrogen (secondary N) is 2. The van der Waals surface area contributed by atoms with E-state index in [9.17, 15) is 4.79 Å². The van der Waals surface area contributed by atoms with Crippen molar-refractivity contribution >= 4 is 28.2 Å². The summed E-state index contributed by atoms with van der Waals surface area (Å²) in [5.74, 6) is 1.54. The second-order valence-electron chi connectivity index (χ2n) is 5.59. The molecule has 140 valence electrons. The standard InChI is InChI=1S/C19H20N4O3S/c1-3-12-26-16-8-4-13(5-9-16)17-22-23-19(27-17)21-18(24)20-14-6-10-15(25-2)11-7-14/h4-11H,3,12H2,1-2H3,(H2,20,21,23,24). The summed E-state index contributed by atoms with van der Waals surface area (Å²) in [6.07, 6.45) is 0.964. The molecular weight excluding hydrogens is 364 g/mol. The number of benzene rings is 2. The average Bonchev–Trinajstić information content (AvgIpc) is 3.15. The minimum Gasteiger partial charge on any atom is -0.497 e. The smallest absolute Gasteiger partial charge is 0.325 e. The van der Waals surface area contributed by atoms with Crippen LogP contribution in [0.5, 0.6) is 11.5 Å². The number of carbonyl (C=O) groups is 1. The van der Waals surface area contributed by atoms with E-state index in [0.717, 1.165) is 28.5 Å². The lowest BCUT2D eigenvalue weighted by atomic mass is 10.2. The third-order valence-corrected chi connectivity index (χ3v) is 4.46. The molecule has 3 aromatic rings. The van der Waals surface area contributed by atoms with Gasteiger partial charge in [-0.15, -0.1) is 10.2 Å². The molecule has 0 bridgehead atoms. The van der Waals surface area contributed by atoms with Crippen LogP contribution in [-0.4, -0.2) is 29.9 Å². The summed E-state index contributed by atoms with van der Waals surface area (Å²) in [5.41, 5.74) is 1.57. The number of urea groups is 1. The zero-order valence-corrected chi connectivity index (χ0v) is 15.9. The maximum Gasteiger partial charge on any atom is 0.325 e. The van der Waals surface area contributed by atoms with E-state index >= 15 is 0 Å². The summed E-state index contributed by atoms with van der Waals surface area (Å²) in [5, 5.41) is 14.7. The van der Waals surface area contributed by atoms with Crippen LogP contribution in [0.4, 0.5) is 15.6 Å². The largest absolute Gasteiger partial charge is 0.497 e. The van der Waals surface area contributed by atoms with Crippen LogP contribution < -0.4 is 20.1 Å². The Hall–Kier alpha value is -3.13. The minimum absolute atomic E-state index is 0.383. The van der Waals surface area contributed by atoms with Gasteiger partial charge in [0.15, 0.2) is 0 Å². The molecule has 0 unspecified atom stereocenters. The van der Waals surface area contributed by atoms with Crippen molar-refractivity contribution in [3.8, 4) is 22.1 Å². The predicted octanol–water partition coefficient (Wildman–Crippen LogP) is 4.65. The third kappa shape index (κ3) is 5.18. The highest BCUT2D eigenvalue weighted by molar-refractivity contribution is 7.18. The summed E-state index contributed by atoms with van der Waals surface area (Å²) < 4.78 is 10.7. The Kier molecular flexibility index (Phi) is 6.22. The molecule has 2 aromatic carbocycles. The molecule has 8 heteroatoms. The first-order valence-electron chi connectivity index (χ1n) is 8.46. The molecule has 0 spiro atoms. The van der Waals surface area contributed by atoms with Gasteiger partial charge < -0.3 is 14.8 Å². The van der Waals surface area contributed by atoms with Crippen LogP contribution in [0.3, 0.4) is 0 Å². The van der Waals surface area contributed by atoms with Gasteiger partial charge in [-0.2, -0.15) is 0 Å². The van der Waals surface area contributed by atoms with E-state index in [0.29, 0.717) is 17.4 Å². The number of hydrogen-bond donors (Lipinski definition) is 2. The van der Waals surface area contributed by atoms with Gasteiger partial charge in [-0.05, 0) is 55.0 Å². The van der Waals surface area contributed by atoms with Crippen molar-refractivity contribution in [1.29, 1.82) is 0 Å². The van der Waals surface area contributed by atoms with Crippen molar-refractivity contribution in [3.63, 3.8) is 0 Å². The highest BCUT2D eigenvalue weighted by atomic mass is 32.1. The first kappa shape index (κ1) is 18.7. The van der Waals surface area contributed by atoms with Gasteiger partial charge in [0.2, 0.25) is 5.13 Å². The molecule has 0 aliphatic heterocycles. The molecule has 1 heterocycles. The minimum atomic E-state index is -0.383. The number of carbonyl (C=O) groups excluding carboxylic acids is 1. The lowest BCUT2D eigenvalue weighted by molar-refractivity contribution is 0.262. The predicted molar refractivity (Wildman–Crippen MR) is 107 cm³/mol. The van der Waals surface area contributed by atoms with Gasteiger partial charge in [-0.25, -0.2) is 4.79 Å². The van der Waals surface area contributed by atoms with Gasteiger partial charge in [0.05, 0.1) is 13.7 Å². The number of hydrogen-bond acceptors (Lipinski definition) is 6. The van der Waals surface area contributed by atoms with E-state index < -0.39 is 0 Å². The molecule has 1 aromatic heterocycles. The van der Waals surface area contributed by atoms with E-state index in [1.807, 2.05) is 24.3 Å². The number of anilines is 2. The van der Waals surface area contributed by atoms with E-state index in [1.165, 1.54) is 11.3 Å². The second-order valence-corrected chi connectivity index (χ2v) is 6.57. The highest BCUT2D eigenvalue weighted by Gasteiger charge is 2.10. The number of rotatable bonds is 7. The summed E-state index contributed by atoms with van der Waals surface area (Å²) in [6.45, 7) is 2.75. The zero-order chi connectivity index (χ0) is 19.1. The van der Waals surface area contributed by atoms with E-state index in [-0.39, 0.29) is 6.03 Å². The third-order valence-electron chi connectivity index (χ3n) is 3.57. The number of methoxy groups -OCH3 is 1. The number of amides is 2. The van der Waals surface area contributed by atoms with Gasteiger partial charge in [-0.1, -0.05) is 18.3 Å². The number of aromatic nitrogens is 2. The van der Waals surface area contributed by atoms with Gasteiger partial charge >= 0.3 is 6.03 Å². The van der Waals surface area contributed by atoms with Gasteiger partial charge in [0.25, 0.3) is 0 Å². The fraction of sp³-hybridized carbons (Fsp3) is 0.211. The van der Waals surface area contributed by atoms with Crippen LogP contribution in [0.1, 0.15) is 13.3 Å². The summed E-state index contributed by atoms with van der Waals surface area (Å²) >= 11 is 1.30. The van der Waals surface area contributed by atoms with Gasteiger partial charge in [0, 0.05) is 11.3 Å². The van der Waals surface area contributed by atoms with E-state index in [1.54, 1.807) is 31.4 Å². The molecule has 0 saturated heterocycles. The Morgan fingerprint density at radius 2 is 1.70 bits per heavy atom. The molecule has 0 radical (unpaired) electrons. The van der Waals surface area contributed by atoms with Crippen molar-refractivity contribution in [2.24, 2.45) is 0 Å². The molecule has 0 fully saturated rings. The van der Waals surface area contributed by atoms with E-state index in [4.69, 9.17) is 9.47 Å². The summed E-state index contributed by atoms with van der Waals surface area (Å²) in [6, 6.07) is 14.3. The van der Waals surface area contributed by atoms with Crippen LogP contribution >= 0.6 is 11.3 Å².